The van der Waals surface area contributed by atoms with Gasteiger partial charge in [0, 0.05) is 45.8 Å². The van der Waals surface area contributed by atoms with E-state index in [1.165, 1.54) is 57.5 Å². The molecule has 1 atom stereocenters. The summed E-state index contributed by atoms with van der Waals surface area (Å²) in [5, 5.41) is 11.3. The number of aliphatic hydroxyl groups excluding tert-OH is 1. The van der Waals surface area contributed by atoms with Crippen molar-refractivity contribution in [1.82, 2.24) is 14.1 Å². The summed E-state index contributed by atoms with van der Waals surface area (Å²) in [7, 11) is 2.15. The summed E-state index contributed by atoms with van der Waals surface area (Å²) < 4.78 is 42.2. The molecule has 2 aromatic rings. The fourth-order valence-electron chi connectivity index (χ4n) is 4.71. The molecule has 2 aromatic carbocycles. The number of hydrogen-bond acceptors (Lipinski definition) is 9. The van der Waals surface area contributed by atoms with Crippen LogP contribution >= 0.6 is 0 Å². The van der Waals surface area contributed by atoms with Gasteiger partial charge in [-0.15, -0.1) is 0 Å². The van der Waals surface area contributed by atoms with E-state index in [1.54, 1.807) is 18.2 Å². The largest absolute Gasteiger partial charge is 0.507 e. The zero-order valence-electron chi connectivity index (χ0n) is 22.4. The highest BCUT2D eigenvalue weighted by Gasteiger charge is 2.46. The fraction of sp³-hybridized carbons (Fsp3) is 0.407. The van der Waals surface area contributed by atoms with Gasteiger partial charge in [-0.25, -0.2) is 12.7 Å². The summed E-state index contributed by atoms with van der Waals surface area (Å²) in [5.74, 6) is -1.05. The van der Waals surface area contributed by atoms with E-state index in [0.717, 1.165) is 4.31 Å². The number of rotatable bonds is 9. The second-order valence-corrected chi connectivity index (χ2v) is 11.5. The van der Waals surface area contributed by atoms with Crippen molar-refractivity contribution < 1.29 is 37.3 Å². The quantitative estimate of drug-likeness (QED) is 0.278. The second-order valence-electron chi connectivity index (χ2n) is 9.37. The minimum Gasteiger partial charge on any atom is -0.507 e. The van der Waals surface area contributed by atoms with Crippen LogP contribution in [0, 0.1) is 0 Å². The number of sulfonamides is 1. The summed E-state index contributed by atoms with van der Waals surface area (Å²) >= 11 is 0. The summed E-state index contributed by atoms with van der Waals surface area (Å²) in [4.78, 5) is 30.3. The van der Waals surface area contributed by atoms with Gasteiger partial charge in [-0.3, -0.25) is 14.5 Å². The Morgan fingerprint density at radius 2 is 1.64 bits per heavy atom. The van der Waals surface area contributed by atoms with E-state index >= 15 is 0 Å². The molecule has 0 bridgehead atoms. The molecule has 2 aliphatic rings. The number of likely N-dealkylation sites (tertiary alicyclic amines) is 1. The van der Waals surface area contributed by atoms with Crippen LogP contribution in [-0.2, 0) is 24.3 Å². The molecule has 4 rings (SSSR count). The normalized spacial score (nSPS) is 20.0. The SMILES string of the molecule is COc1ccc(C2/C(=C(\O)c3ccc(S(=O)(=O)N(C)C)cc3)C(=O)C(=O)N2CCN2CCOCC2)cc1OC. The predicted molar refractivity (Wildman–Crippen MR) is 143 cm³/mol. The number of hydrogen-bond donors (Lipinski definition) is 1. The first-order valence-electron chi connectivity index (χ1n) is 12.4. The van der Waals surface area contributed by atoms with E-state index < -0.39 is 33.5 Å². The molecule has 1 unspecified atom stereocenters. The molecule has 2 fully saturated rings. The van der Waals surface area contributed by atoms with Gasteiger partial charge in [-0.1, -0.05) is 6.07 Å². The highest BCUT2D eigenvalue weighted by atomic mass is 32.2. The Kier molecular flexibility index (Phi) is 8.60. The zero-order chi connectivity index (χ0) is 28.3. The number of ketones is 1. The van der Waals surface area contributed by atoms with E-state index in [9.17, 15) is 23.1 Å². The lowest BCUT2D eigenvalue weighted by Gasteiger charge is -2.31. The summed E-state index contributed by atoms with van der Waals surface area (Å²) in [6.45, 7) is 3.40. The molecule has 12 heteroatoms. The van der Waals surface area contributed by atoms with Crippen LogP contribution in [0.4, 0.5) is 0 Å². The lowest BCUT2D eigenvalue weighted by atomic mass is 9.95. The van der Waals surface area contributed by atoms with E-state index in [4.69, 9.17) is 14.2 Å². The molecule has 2 saturated heterocycles. The van der Waals surface area contributed by atoms with Gasteiger partial charge in [-0.2, -0.15) is 0 Å². The molecule has 39 heavy (non-hydrogen) atoms. The number of Topliss-reactive ketones (excluding diaryl/α,β-unsaturated/α-hetero) is 1. The highest BCUT2D eigenvalue weighted by molar-refractivity contribution is 7.89. The van der Waals surface area contributed by atoms with Gasteiger partial charge in [0.15, 0.2) is 11.5 Å². The number of ether oxygens (including phenoxy) is 3. The van der Waals surface area contributed by atoms with Crippen molar-refractivity contribution >= 4 is 27.5 Å². The maximum Gasteiger partial charge on any atom is 0.295 e. The minimum absolute atomic E-state index is 0.0338. The third-order valence-electron chi connectivity index (χ3n) is 6.93. The van der Waals surface area contributed by atoms with Gasteiger partial charge >= 0.3 is 0 Å². The molecular weight excluding hydrogens is 526 g/mol. The molecule has 11 nitrogen and oxygen atoms in total. The third-order valence-corrected chi connectivity index (χ3v) is 8.76. The van der Waals surface area contributed by atoms with Crippen LogP contribution < -0.4 is 9.47 Å². The van der Waals surface area contributed by atoms with Gasteiger partial charge in [-0.05, 0) is 42.0 Å². The van der Waals surface area contributed by atoms with Gasteiger partial charge in [0.2, 0.25) is 10.0 Å². The van der Waals surface area contributed by atoms with Crippen molar-refractivity contribution in [2.75, 3.05) is 67.7 Å². The second kappa shape index (κ2) is 11.7. The molecule has 1 N–H and O–H groups in total. The third kappa shape index (κ3) is 5.64. The Balaban J connectivity index is 1.78. The molecule has 2 heterocycles. The van der Waals surface area contributed by atoms with Crippen LogP contribution in [-0.4, -0.2) is 107 Å². The molecule has 0 spiro atoms. The highest BCUT2D eigenvalue weighted by Crippen LogP contribution is 2.42. The van der Waals surface area contributed by atoms with Crippen LogP contribution in [0.15, 0.2) is 52.9 Å². The average molecular weight is 560 g/mol. The van der Waals surface area contributed by atoms with Crippen LogP contribution in [0.5, 0.6) is 11.5 Å². The number of morpholine rings is 1. The smallest absolute Gasteiger partial charge is 0.295 e. The van der Waals surface area contributed by atoms with Gasteiger partial charge in [0.25, 0.3) is 11.7 Å². The molecule has 1 amide bonds. The molecule has 2 aliphatic heterocycles. The van der Waals surface area contributed by atoms with E-state index in [-0.39, 0.29) is 22.6 Å². The van der Waals surface area contributed by atoms with Crippen LogP contribution in [0.25, 0.3) is 5.76 Å². The number of methoxy groups -OCH3 is 2. The molecule has 0 aliphatic carbocycles. The maximum absolute atomic E-state index is 13.4. The first-order valence-corrected chi connectivity index (χ1v) is 13.9. The van der Waals surface area contributed by atoms with Crippen LogP contribution in [0.3, 0.4) is 0 Å². The number of nitrogens with zero attached hydrogens (tertiary/aromatic N) is 3. The Bertz CT molecular complexity index is 1370. The standard InChI is InChI=1S/C27H33N3O8S/c1-28(2)39(34,35)20-8-5-18(6-9-20)25(31)23-24(19-7-10-21(36-3)22(17-19)37-4)30(27(33)26(23)32)12-11-29-13-15-38-16-14-29/h5-10,17,24,31H,11-16H2,1-4H3/b25-23+. The summed E-state index contributed by atoms with van der Waals surface area (Å²) in [5.41, 5.74) is 0.684. The Hall–Kier alpha value is -3.45. The van der Waals surface area contributed by atoms with Crippen molar-refractivity contribution in [2.24, 2.45) is 0 Å². The van der Waals surface area contributed by atoms with Crippen molar-refractivity contribution in [3.05, 3.63) is 59.2 Å². The van der Waals surface area contributed by atoms with Gasteiger partial charge in [0.1, 0.15) is 5.76 Å². The summed E-state index contributed by atoms with van der Waals surface area (Å²) in [6, 6.07) is 9.72. The first kappa shape index (κ1) is 28.6. The van der Waals surface area contributed by atoms with Gasteiger partial charge in [0.05, 0.1) is 43.9 Å². The zero-order valence-corrected chi connectivity index (χ0v) is 23.2. The molecule has 210 valence electrons. The Morgan fingerprint density at radius 3 is 2.23 bits per heavy atom. The number of benzene rings is 2. The minimum atomic E-state index is -3.69. The number of carbonyl (C=O) groups excluding carboxylic acids is 2. The molecule has 0 saturated carbocycles. The molecule has 0 aromatic heterocycles. The van der Waals surface area contributed by atoms with Crippen molar-refractivity contribution in [2.45, 2.75) is 10.9 Å². The van der Waals surface area contributed by atoms with Gasteiger partial charge < -0.3 is 24.2 Å². The first-order chi connectivity index (χ1) is 18.6. The van der Waals surface area contributed by atoms with E-state index in [2.05, 4.69) is 4.90 Å². The van der Waals surface area contributed by atoms with E-state index in [1.807, 2.05) is 0 Å². The number of carbonyl (C=O) groups is 2. The number of amides is 1. The van der Waals surface area contributed by atoms with Crippen molar-refractivity contribution in [3.63, 3.8) is 0 Å². The van der Waals surface area contributed by atoms with Crippen molar-refractivity contribution in [3.8, 4) is 11.5 Å². The molecule has 0 radical (unpaired) electrons. The van der Waals surface area contributed by atoms with Crippen LogP contribution in [0.1, 0.15) is 17.2 Å². The van der Waals surface area contributed by atoms with Crippen LogP contribution in [0.2, 0.25) is 0 Å². The topological polar surface area (TPSA) is 126 Å². The fourth-order valence-corrected chi connectivity index (χ4v) is 5.61. The monoisotopic (exact) mass is 559 g/mol. The van der Waals surface area contributed by atoms with Crippen molar-refractivity contribution in [1.29, 1.82) is 0 Å². The van der Waals surface area contributed by atoms with E-state index in [0.29, 0.717) is 49.9 Å². The summed E-state index contributed by atoms with van der Waals surface area (Å²) in [6.07, 6.45) is 0. The lowest BCUT2D eigenvalue weighted by molar-refractivity contribution is -0.140. The predicted octanol–water partition coefficient (Wildman–Crippen LogP) is 1.71. The molecular formula is C27H33N3O8S. The number of aliphatic hydroxyl groups is 1. The Morgan fingerprint density at radius 1 is 1.00 bits per heavy atom. The average Bonchev–Trinajstić information content (AvgIpc) is 3.20. The Labute approximate surface area is 228 Å². The lowest BCUT2D eigenvalue weighted by Crippen LogP contribution is -2.42. The maximum atomic E-state index is 13.4.